The van der Waals surface area contributed by atoms with E-state index in [1.165, 1.54) is 177 Å². The molecule has 0 heteroatoms. The first-order valence-corrected chi connectivity index (χ1v) is 55.6. The van der Waals surface area contributed by atoms with Crippen LogP contribution in [0.2, 0.25) is 0 Å². The molecule has 0 aliphatic heterocycles. The minimum atomic E-state index is 1.03. The van der Waals surface area contributed by atoms with Crippen molar-refractivity contribution in [3.05, 3.63) is 217 Å². The highest BCUT2D eigenvalue weighted by Crippen LogP contribution is 2.59. The van der Waals surface area contributed by atoms with Gasteiger partial charge in [0.25, 0.3) is 0 Å². The molecule has 11 unspecified atom stereocenters. The van der Waals surface area contributed by atoms with Gasteiger partial charge in [0.2, 0.25) is 0 Å². The van der Waals surface area contributed by atoms with Gasteiger partial charge in [-0.1, -0.05) is 581 Å². The van der Waals surface area contributed by atoms with E-state index in [-0.39, 0.29) is 0 Å². The second kappa shape index (κ2) is 94.7. The first-order valence-electron chi connectivity index (χ1n) is 55.6. The van der Waals surface area contributed by atoms with Gasteiger partial charge in [0.1, 0.15) is 0 Å². The summed E-state index contributed by atoms with van der Waals surface area (Å²) in [7, 11) is 0. The lowest BCUT2D eigenvalue weighted by Crippen LogP contribution is -2.43. The third-order valence-corrected chi connectivity index (χ3v) is 26.0. The number of hydrogen-bond acceptors (Lipinski definition) is 0. The Morgan fingerprint density at radius 3 is 0.776 bits per heavy atom. The van der Waals surface area contributed by atoms with Gasteiger partial charge in [-0.25, -0.2) is 0 Å². The molecule has 7 aromatic rings. The van der Waals surface area contributed by atoms with Gasteiger partial charge in [-0.05, 0) is 211 Å². The number of allylic oxidation sites excluding steroid dienone is 2. The number of benzene rings is 7. The predicted molar refractivity (Wildman–Crippen MR) is 583 cm³/mol. The maximum absolute atomic E-state index is 2.69. The van der Waals surface area contributed by atoms with E-state index in [9.17, 15) is 0 Å². The lowest BCUT2D eigenvalue weighted by atomic mass is 9.54. The molecule has 125 heavy (non-hydrogen) atoms. The normalized spacial score (nSPS) is 22.0. The van der Waals surface area contributed by atoms with E-state index < -0.39 is 0 Å². The summed E-state index contributed by atoms with van der Waals surface area (Å²) < 4.78 is 0. The first kappa shape index (κ1) is 128. The third-order valence-electron chi connectivity index (χ3n) is 26.0. The molecule has 0 spiro atoms. The topological polar surface area (TPSA) is 0 Å². The number of rotatable bonds is 2. The molecular formula is C125H218. The summed E-state index contributed by atoms with van der Waals surface area (Å²) in [6, 6.07) is 66.8. The molecule has 0 nitrogen and oxygen atoms in total. The Kier molecular flexibility index (Phi) is 96.9. The first-order chi connectivity index (χ1) is 62.2. The molecule has 0 N–H and O–H groups in total. The SMILES string of the molecule is C1=C2CCCCC2C2CCC3CCCC3C2C1.C1CCC(C2CCCCC2)CC1.C1CCC2C(C1)CCC1C3CCCC3CCC21.C1CCCCC1.CC.CC.CC.CC.CC.CC.CC.CC.CC.CC.CC.CC.CC.CC.CC.CC.c1ccc(-c2ccccc2)cc1.c1ccc2c(c1)Cc1ccccc1-2.c1ccc2ccccc2c1.c1ccccc1. The summed E-state index contributed by atoms with van der Waals surface area (Å²) in [4.78, 5) is 0. The summed E-state index contributed by atoms with van der Waals surface area (Å²) in [6.45, 7) is 64.0. The largest absolute Gasteiger partial charge is 0.0847 e. The van der Waals surface area contributed by atoms with Crippen molar-refractivity contribution in [3.63, 3.8) is 0 Å². The highest BCUT2D eigenvalue weighted by molar-refractivity contribution is 5.82. The Balaban J connectivity index is -0.000000424. The van der Waals surface area contributed by atoms with Crippen molar-refractivity contribution in [2.45, 2.75) is 466 Å². The van der Waals surface area contributed by atoms with E-state index in [1.807, 2.05) is 276 Å². The molecular weight excluding hydrogens is 1500 g/mol. The molecule has 0 aromatic heterocycles. The van der Waals surface area contributed by atoms with E-state index in [1.54, 1.807) is 128 Å². The van der Waals surface area contributed by atoms with Gasteiger partial charge in [0.05, 0.1) is 0 Å². The summed E-state index contributed by atoms with van der Waals surface area (Å²) in [5.74, 6) is 14.8. The van der Waals surface area contributed by atoms with Gasteiger partial charge in [0.15, 0.2) is 0 Å². The molecule has 0 saturated heterocycles. The van der Waals surface area contributed by atoms with Gasteiger partial charge in [-0.15, -0.1) is 0 Å². The second-order valence-corrected chi connectivity index (χ2v) is 31.3. The molecule has 11 atom stereocenters. The molecule has 10 fully saturated rings. The summed E-state index contributed by atoms with van der Waals surface area (Å²) in [5, 5.41) is 2.62. The van der Waals surface area contributed by atoms with Crippen LogP contribution in [0, 0.1) is 76.9 Å². The second-order valence-electron chi connectivity index (χ2n) is 31.3. The lowest BCUT2D eigenvalue weighted by molar-refractivity contribution is -0.0184. The quantitative estimate of drug-likeness (QED) is 0.151. The average molecular weight is 1720 g/mol. The highest BCUT2D eigenvalue weighted by atomic mass is 14.5. The summed E-state index contributed by atoms with van der Waals surface area (Å²) in [5.41, 5.74) is 10.2. The van der Waals surface area contributed by atoms with Crippen molar-refractivity contribution in [1.29, 1.82) is 0 Å². The van der Waals surface area contributed by atoms with E-state index >= 15 is 0 Å². The standard InChI is InChI=1S/C17H28.C17H26.C13H10.C12H22.C12H10.C10H8.C6H12.C6H6.16C2H6/c2*1-2-6-14-12(4-1)8-10-17-15-7-3-5-13(15)9-11-16(14)17;1-3-7-12-10(5-1)9-11-6-2-4-8-13(11)12;2*1-3-7-11(8-4-1)12-9-5-2-6-10-12;1-2-6-10-8-4-3-7-9(10)5-1;2*1-2-4-6-5-3-1;16*1-2/h12-17H,1-11H2;8,13-17H,1-7,9-11H2;1-8H,9H2;11-12H,1-10H2;1-10H;1-8H;1-6H2;1-6H;16*1-2H3. The molecule has 19 rings (SSSR count). The number of hydrogen-bond donors (Lipinski definition) is 0. The van der Waals surface area contributed by atoms with Crippen LogP contribution in [0.25, 0.3) is 33.0 Å². The maximum Gasteiger partial charge on any atom is -0.00135 e. The average Bonchev–Trinajstić information content (AvgIpc) is 1.77. The minimum absolute atomic E-state index is 1.03. The fourth-order valence-corrected chi connectivity index (χ4v) is 21.4. The monoisotopic (exact) mass is 1720 g/mol. The van der Waals surface area contributed by atoms with Crippen LogP contribution < -0.4 is 0 Å². The number of fused-ring (bicyclic) bond motifs is 14. The molecule has 0 radical (unpaired) electrons. The van der Waals surface area contributed by atoms with Crippen LogP contribution in [0.1, 0.15) is 470 Å². The van der Waals surface area contributed by atoms with Gasteiger partial charge >= 0.3 is 0 Å². The van der Waals surface area contributed by atoms with E-state index in [0.29, 0.717) is 0 Å². The van der Waals surface area contributed by atoms with Crippen molar-refractivity contribution in [2.24, 2.45) is 76.9 Å². The smallest absolute Gasteiger partial charge is 0.00135 e. The third kappa shape index (κ3) is 49.4. The fraction of sp³-hybridized carbons (Fsp3) is 0.664. The lowest BCUT2D eigenvalue weighted by Gasteiger charge is -2.51. The maximum atomic E-state index is 2.69. The zero-order chi connectivity index (χ0) is 94.9. The van der Waals surface area contributed by atoms with Crippen LogP contribution in [0.15, 0.2) is 206 Å². The van der Waals surface area contributed by atoms with Gasteiger partial charge in [0, 0.05) is 0 Å². The highest BCUT2D eigenvalue weighted by Gasteiger charge is 2.49. The molecule has 718 valence electrons. The van der Waals surface area contributed by atoms with E-state index in [2.05, 4.69) is 152 Å². The van der Waals surface area contributed by atoms with Gasteiger partial charge < -0.3 is 0 Å². The predicted octanol–water partition coefficient (Wildman–Crippen LogP) is 44.0. The Hall–Kier alpha value is -5.46. The molecule has 12 aliphatic carbocycles. The Bertz CT molecular complexity index is 3010. The minimum Gasteiger partial charge on any atom is -0.0847 e. The Morgan fingerprint density at radius 2 is 0.424 bits per heavy atom. The molecule has 7 aromatic carbocycles. The fourth-order valence-electron chi connectivity index (χ4n) is 21.4. The van der Waals surface area contributed by atoms with Crippen molar-refractivity contribution in [3.8, 4) is 22.3 Å². The summed E-state index contributed by atoms with van der Waals surface area (Å²) in [6.07, 6.45) is 60.9. The molecule has 10 saturated carbocycles. The van der Waals surface area contributed by atoms with Crippen LogP contribution in [-0.4, -0.2) is 0 Å². The van der Waals surface area contributed by atoms with E-state index in [0.717, 1.165) is 59.7 Å². The van der Waals surface area contributed by atoms with Crippen molar-refractivity contribution < 1.29 is 0 Å². The van der Waals surface area contributed by atoms with Crippen LogP contribution in [0.3, 0.4) is 0 Å². The summed E-state index contributed by atoms with van der Waals surface area (Å²) >= 11 is 0. The zero-order valence-corrected chi connectivity index (χ0v) is 89.9. The molecule has 0 bridgehead atoms. The van der Waals surface area contributed by atoms with Crippen LogP contribution in [-0.2, 0) is 6.42 Å². The Morgan fingerprint density at radius 1 is 0.176 bits per heavy atom. The van der Waals surface area contributed by atoms with Crippen molar-refractivity contribution in [1.82, 2.24) is 0 Å². The molecule has 0 amide bonds. The van der Waals surface area contributed by atoms with Gasteiger partial charge in [-0.2, -0.15) is 0 Å². The zero-order valence-electron chi connectivity index (χ0n) is 89.9. The van der Waals surface area contributed by atoms with Crippen molar-refractivity contribution >= 4 is 10.8 Å². The van der Waals surface area contributed by atoms with Crippen LogP contribution in [0.5, 0.6) is 0 Å². The van der Waals surface area contributed by atoms with E-state index in [4.69, 9.17) is 0 Å². The molecule has 12 aliphatic rings. The molecule has 0 heterocycles. The van der Waals surface area contributed by atoms with Crippen LogP contribution >= 0.6 is 0 Å². The van der Waals surface area contributed by atoms with Gasteiger partial charge in [-0.3, -0.25) is 0 Å². The Labute approximate surface area is 787 Å². The van der Waals surface area contributed by atoms with Crippen molar-refractivity contribution in [2.75, 3.05) is 0 Å². The van der Waals surface area contributed by atoms with Crippen LogP contribution in [0.4, 0.5) is 0 Å².